The molecule has 0 amide bonds. The fourth-order valence-corrected chi connectivity index (χ4v) is 2.36. The van der Waals surface area contributed by atoms with Crippen molar-refractivity contribution in [3.05, 3.63) is 35.8 Å². The quantitative estimate of drug-likeness (QED) is 0.652. The third-order valence-corrected chi connectivity index (χ3v) is 3.53. The molecule has 8 nitrogen and oxygen atoms in total. The molecule has 0 aliphatic carbocycles. The molecule has 0 atom stereocenters. The lowest BCUT2D eigenvalue weighted by molar-refractivity contribution is 0.589. The maximum absolute atomic E-state index is 11.0. The van der Waals surface area contributed by atoms with Crippen molar-refractivity contribution < 1.29 is 8.42 Å². The van der Waals surface area contributed by atoms with Crippen molar-refractivity contribution in [3.63, 3.8) is 0 Å². The maximum Gasteiger partial charge on any atom is 0.208 e. The van der Waals surface area contributed by atoms with Gasteiger partial charge >= 0.3 is 0 Å². The molecule has 2 aromatic heterocycles. The molecule has 0 unspecified atom stereocenters. The second-order valence-electron chi connectivity index (χ2n) is 5.12. The molecule has 0 spiro atoms. The van der Waals surface area contributed by atoms with Gasteiger partial charge in [0.05, 0.1) is 6.26 Å². The first-order valence-corrected chi connectivity index (χ1v) is 8.95. The van der Waals surface area contributed by atoms with Crippen LogP contribution in [0.5, 0.6) is 0 Å². The predicted molar refractivity (Wildman–Crippen MR) is 90.4 cm³/mol. The third-order valence-electron chi connectivity index (χ3n) is 2.80. The van der Waals surface area contributed by atoms with E-state index in [-0.39, 0.29) is 6.54 Å². The van der Waals surface area contributed by atoms with Crippen molar-refractivity contribution in [1.82, 2.24) is 19.7 Å². The van der Waals surface area contributed by atoms with Crippen molar-refractivity contribution in [2.75, 3.05) is 30.0 Å². The Bertz CT molecular complexity index is 779. The molecule has 3 N–H and O–H groups in total. The number of nitrogens with one attached hydrogen (secondary N) is 3. The topological polar surface area (TPSA) is 109 Å². The Morgan fingerprint density at radius 2 is 1.78 bits per heavy atom. The zero-order chi connectivity index (χ0) is 16.9. The number of anilines is 3. The molecule has 0 fully saturated rings. The molecule has 0 saturated heterocycles. The molecule has 0 saturated carbocycles. The SMILES string of the molecule is Cc1ccnc(Nc2cc(NCCNS(C)(=O)=O)nc(C)n2)c1. The van der Waals surface area contributed by atoms with Gasteiger partial charge in [-0.05, 0) is 31.5 Å². The van der Waals surface area contributed by atoms with E-state index in [0.29, 0.717) is 29.8 Å². The van der Waals surface area contributed by atoms with Crippen LogP contribution in [0.2, 0.25) is 0 Å². The molecule has 9 heteroatoms. The largest absolute Gasteiger partial charge is 0.369 e. The van der Waals surface area contributed by atoms with Crippen molar-refractivity contribution in [3.8, 4) is 0 Å². The highest BCUT2D eigenvalue weighted by molar-refractivity contribution is 7.88. The Morgan fingerprint density at radius 1 is 1.04 bits per heavy atom. The Labute approximate surface area is 135 Å². The Morgan fingerprint density at radius 3 is 2.48 bits per heavy atom. The highest BCUT2D eigenvalue weighted by Gasteiger charge is 2.04. The molecule has 23 heavy (non-hydrogen) atoms. The van der Waals surface area contributed by atoms with Crippen LogP contribution in [0.3, 0.4) is 0 Å². The Hall–Kier alpha value is -2.26. The summed E-state index contributed by atoms with van der Waals surface area (Å²) < 4.78 is 24.4. The van der Waals surface area contributed by atoms with E-state index in [0.717, 1.165) is 11.8 Å². The molecule has 124 valence electrons. The summed E-state index contributed by atoms with van der Waals surface area (Å²) in [4.78, 5) is 12.8. The Kier molecular flexibility index (Phi) is 5.45. The van der Waals surface area contributed by atoms with Gasteiger partial charge in [0.2, 0.25) is 10.0 Å². The van der Waals surface area contributed by atoms with Gasteiger partial charge in [-0.1, -0.05) is 0 Å². The van der Waals surface area contributed by atoms with Gasteiger partial charge < -0.3 is 10.6 Å². The summed E-state index contributed by atoms with van der Waals surface area (Å²) >= 11 is 0. The molecule has 2 heterocycles. The van der Waals surface area contributed by atoms with Crippen molar-refractivity contribution in [1.29, 1.82) is 0 Å². The summed E-state index contributed by atoms with van der Waals surface area (Å²) in [6, 6.07) is 5.58. The minimum absolute atomic E-state index is 0.282. The molecule has 2 rings (SSSR count). The van der Waals surface area contributed by atoms with E-state index in [9.17, 15) is 8.42 Å². The zero-order valence-corrected chi connectivity index (χ0v) is 14.1. The van der Waals surface area contributed by atoms with Crippen LogP contribution >= 0.6 is 0 Å². The Balaban J connectivity index is 2.01. The molecule has 0 aromatic carbocycles. The van der Waals surface area contributed by atoms with E-state index < -0.39 is 10.0 Å². The first kappa shape index (κ1) is 17.1. The fraction of sp³-hybridized carbons (Fsp3) is 0.357. The molecule has 0 radical (unpaired) electrons. The second-order valence-corrected chi connectivity index (χ2v) is 6.96. The zero-order valence-electron chi connectivity index (χ0n) is 13.3. The minimum atomic E-state index is -3.18. The van der Waals surface area contributed by atoms with Gasteiger partial charge in [-0.25, -0.2) is 28.1 Å². The standard InChI is InChI=1S/C14H20N6O2S/c1-10-4-5-15-12(8-10)20-14-9-13(18-11(2)19-14)16-6-7-17-23(3,21)22/h4-5,8-9,17H,6-7H2,1-3H3,(H2,15,16,18,19,20). The normalized spacial score (nSPS) is 11.3. The van der Waals surface area contributed by atoms with E-state index in [1.165, 1.54) is 0 Å². The predicted octanol–water partition coefficient (Wildman–Crippen LogP) is 1.19. The number of pyridine rings is 1. The van der Waals surface area contributed by atoms with Gasteiger partial charge in [0, 0.05) is 25.4 Å². The minimum Gasteiger partial charge on any atom is -0.369 e. The lowest BCUT2D eigenvalue weighted by Gasteiger charge is -2.10. The van der Waals surface area contributed by atoms with Crippen LogP contribution in [0.1, 0.15) is 11.4 Å². The van der Waals surface area contributed by atoms with Gasteiger partial charge in [-0.3, -0.25) is 0 Å². The monoisotopic (exact) mass is 336 g/mol. The average molecular weight is 336 g/mol. The van der Waals surface area contributed by atoms with Crippen molar-refractivity contribution in [2.45, 2.75) is 13.8 Å². The number of hydrogen-bond acceptors (Lipinski definition) is 7. The third kappa shape index (κ3) is 6.17. The van der Waals surface area contributed by atoms with Crippen molar-refractivity contribution >= 4 is 27.5 Å². The molecule has 0 bridgehead atoms. The van der Waals surface area contributed by atoms with Crippen LogP contribution in [-0.4, -0.2) is 42.7 Å². The van der Waals surface area contributed by atoms with Crippen LogP contribution < -0.4 is 15.4 Å². The molecule has 0 aliphatic heterocycles. The van der Waals surface area contributed by atoms with Crippen LogP contribution in [0.25, 0.3) is 0 Å². The van der Waals surface area contributed by atoms with Crippen LogP contribution in [-0.2, 0) is 10.0 Å². The summed E-state index contributed by atoms with van der Waals surface area (Å²) in [6.07, 6.45) is 2.85. The number of nitrogens with zero attached hydrogens (tertiary/aromatic N) is 3. The summed E-state index contributed by atoms with van der Waals surface area (Å²) in [5.74, 6) is 2.53. The van der Waals surface area contributed by atoms with E-state index in [4.69, 9.17) is 0 Å². The second kappa shape index (κ2) is 7.34. The average Bonchev–Trinajstić information content (AvgIpc) is 2.42. The smallest absolute Gasteiger partial charge is 0.208 e. The number of sulfonamides is 1. The number of rotatable bonds is 7. The van der Waals surface area contributed by atoms with Crippen LogP contribution in [0, 0.1) is 13.8 Å². The van der Waals surface area contributed by atoms with Crippen LogP contribution in [0.4, 0.5) is 17.5 Å². The number of aromatic nitrogens is 3. The maximum atomic E-state index is 11.0. The van der Waals surface area contributed by atoms with Gasteiger partial charge in [0.1, 0.15) is 23.3 Å². The molecule has 0 aliphatic rings. The molecular formula is C14H20N6O2S. The summed E-state index contributed by atoms with van der Waals surface area (Å²) in [7, 11) is -3.18. The van der Waals surface area contributed by atoms with Crippen molar-refractivity contribution in [2.24, 2.45) is 0 Å². The first-order chi connectivity index (χ1) is 10.8. The summed E-state index contributed by atoms with van der Waals surface area (Å²) in [5, 5.41) is 6.18. The lowest BCUT2D eigenvalue weighted by atomic mass is 10.3. The van der Waals surface area contributed by atoms with Gasteiger partial charge in [-0.15, -0.1) is 0 Å². The van der Waals surface area contributed by atoms with E-state index in [1.807, 2.05) is 19.1 Å². The van der Waals surface area contributed by atoms with Gasteiger partial charge in [0.15, 0.2) is 0 Å². The lowest BCUT2D eigenvalue weighted by Crippen LogP contribution is -2.27. The first-order valence-electron chi connectivity index (χ1n) is 7.06. The molecular weight excluding hydrogens is 316 g/mol. The molecule has 2 aromatic rings. The summed E-state index contributed by atoms with van der Waals surface area (Å²) in [6.45, 7) is 4.48. The number of hydrogen-bond donors (Lipinski definition) is 3. The van der Waals surface area contributed by atoms with E-state index >= 15 is 0 Å². The highest BCUT2D eigenvalue weighted by Crippen LogP contribution is 2.16. The van der Waals surface area contributed by atoms with E-state index in [1.54, 1.807) is 19.2 Å². The van der Waals surface area contributed by atoms with Gasteiger partial charge in [0.25, 0.3) is 0 Å². The fourth-order valence-electron chi connectivity index (χ4n) is 1.89. The van der Waals surface area contributed by atoms with E-state index in [2.05, 4.69) is 30.3 Å². The number of aryl methyl sites for hydroxylation is 2. The van der Waals surface area contributed by atoms with Gasteiger partial charge in [-0.2, -0.15) is 0 Å². The highest BCUT2D eigenvalue weighted by atomic mass is 32.2. The van der Waals surface area contributed by atoms with Crippen LogP contribution in [0.15, 0.2) is 24.4 Å². The summed E-state index contributed by atoms with van der Waals surface area (Å²) in [5.41, 5.74) is 1.10.